The Balaban J connectivity index is 2.43. The molecular weight excluding hydrogens is 188 g/mol. The van der Waals surface area contributed by atoms with E-state index in [9.17, 15) is 13.6 Å². The number of carbonyl (C=O) groups is 1. The highest BCUT2D eigenvalue weighted by molar-refractivity contribution is 5.60. The summed E-state index contributed by atoms with van der Waals surface area (Å²) in [6.45, 7) is 0.233. The van der Waals surface area contributed by atoms with E-state index in [1.165, 1.54) is 0 Å². The molecule has 14 heavy (non-hydrogen) atoms. The first-order valence-corrected chi connectivity index (χ1v) is 5.01. The molecular formula is C10H17F2NO. The van der Waals surface area contributed by atoms with E-state index in [0.717, 1.165) is 32.0 Å². The van der Waals surface area contributed by atoms with E-state index in [4.69, 9.17) is 0 Å². The van der Waals surface area contributed by atoms with Crippen LogP contribution < -0.4 is 0 Å². The second-order valence-electron chi connectivity index (χ2n) is 4.28. The summed E-state index contributed by atoms with van der Waals surface area (Å²) in [6, 6.07) is 0. The Morgan fingerprint density at radius 1 is 1.43 bits per heavy atom. The van der Waals surface area contributed by atoms with Crippen molar-refractivity contribution in [2.45, 2.75) is 32.1 Å². The van der Waals surface area contributed by atoms with Gasteiger partial charge in [-0.15, -0.1) is 0 Å². The molecule has 0 unspecified atom stereocenters. The second kappa shape index (κ2) is 4.82. The minimum absolute atomic E-state index is 0.240. The van der Waals surface area contributed by atoms with E-state index >= 15 is 0 Å². The lowest BCUT2D eigenvalue weighted by atomic mass is 9.87. The van der Waals surface area contributed by atoms with Crippen molar-refractivity contribution < 1.29 is 13.6 Å². The van der Waals surface area contributed by atoms with Crippen LogP contribution in [0.5, 0.6) is 0 Å². The number of hydrogen-bond donors (Lipinski definition) is 0. The van der Waals surface area contributed by atoms with Crippen LogP contribution in [0.25, 0.3) is 0 Å². The highest BCUT2D eigenvalue weighted by Crippen LogP contribution is 2.36. The zero-order valence-electron chi connectivity index (χ0n) is 8.51. The molecule has 0 spiro atoms. The topological polar surface area (TPSA) is 20.3 Å². The summed E-state index contributed by atoms with van der Waals surface area (Å²) in [5.41, 5.74) is -0.344. The Hall–Kier alpha value is -0.510. The van der Waals surface area contributed by atoms with Gasteiger partial charge in [-0.25, -0.2) is 8.78 Å². The molecule has 1 saturated carbocycles. The molecule has 0 radical (unpaired) electrons. The SMILES string of the molecule is CN(CC(F)F)CC1(C=O)CCCC1. The monoisotopic (exact) mass is 205 g/mol. The van der Waals surface area contributed by atoms with Crippen molar-refractivity contribution in [2.75, 3.05) is 20.1 Å². The normalized spacial score (nSPS) is 20.6. The summed E-state index contributed by atoms with van der Waals surface area (Å²) >= 11 is 0. The van der Waals surface area contributed by atoms with Gasteiger partial charge < -0.3 is 4.79 Å². The zero-order valence-corrected chi connectivity index (χ0v) is 8.51. The standard InChI is InChI=1S/C10H17F2NO/c1-13(6-9(11)12)7-10(8-14)4-2-3-5-10/h8-9H,2-7H2,1H3. The summed E-state index contributed by atoms with van der Waals surface area (Å²) in [5.74, 6) is 0. The highest BCUT2D eigenvalue weighted by atomic mass is 19.3. The van der Waals surface area contributed by atoms with E-state index in [1.807, 2.05) is 0 Å². The van der Waals surface area contributed by atoms with E-state index < -0.39 is 6.43 Å². The molecule has 0 N–H and O–H groups in total. The highest BCUT2D eigenvalue weighted by Gasteiger charge is 2.34. The molecule has 82 valence electrons. The molecule has 0 aromatic rings. The van der Waals surface area contributed by atoms with Gasteiger partial charge in [-0.3, -0.25) is 4.90 Å². The van der Waals surface area contributed by atoms with E-state index in [-0.39, 0.29) is 12.0 Å². The first-order valence-electron chi connectivity index (χ1n) is 5.01. The Labute approximate surface area is 83.3 Å². The van der Waals surface area contributed by atoms with Crippen LogP contribution in [0.15, 0.2) is 0 Å². The Morgan fingerprint density at radius 2 is 2.00 bits per heavy atom. The average Bonchev–Trinajstić information content (AvgIpc) is 2.52. The Morgan fingerprint density at radius 3 is 2.43 bits per heavy atom. The van der Waals surface area contributed by atoms with Crippen LogP contribution in [0, 0.1) is 5.41 Å². The van der Waals surface area contributed by atoms with E-state index in [2.05, 4.69) is 0 Å². The van der Waals surface area contributed by atoms with Gasteiger partial charge in [-0.1, -0.05) is 12.8 Å². The first-order chi connectivity index (χ1) is 6.58. The zero-order chi connectivity index (χ0) is 10.6. The van der Waals surface area contributed by atoms with Crippen molar-refractivity contribution in [3.8, 4) is 0 Å². The lowest BCUT2D eigenvalue weighted by Gasteiger charge is -2.28. The van der Waals surface area contributed by atoms with Crippen molar-refractivity contribution in [3.63, 3.8) is 0 Å². The third-order valence-corrected chi connectivity index (χ3v) is 2.88. The van der Waals surface area contributed by atoms with Crippen molar-refractivity contribution in [1.29, 1.82) is 0 Å². The smallest absolute Gasteiger partial charge is 0.251 e. The summed E-state index contributed by atoms with van der Waals surface area (Å²) < 4.78 is 24.1. The lowest BCUT2D eigenvalue weighted by molar-refractivity contribution is -0.117. The number of hydrogen-bond acceptors (Lipinski definition) is 2. The molecule has 1 rings (SSSR count). The van der Waals surface area contributed by atoms with Gasteiger partial charge in [-0.2, -0.15) is 0 Å². The quantitative estimate of drug-likeness (QED) is 0.639. The van der Waals surface area contributed by atoms with E-state index in [1.54, 1.807) is 11.9 Å². The van der Waals surface area contributed by atoms with Crippen molar-refractivity contribution in [3.05, 3.63) is 0 Å². The predicted molar refractivity (Wildman–Crippen MR) is 50.5 cm³/mol. The largest absolute Gasteiger partial charge is 0.303 e. The fourth-order valence-electron chi connectivity index (χ4n) is 2.23. The number of nitrogens with zero attached hydrogens (tertiary/aromatic N) is 1. The van der Waals surface area contributed by atoms with Crippen molar-refractivity contribution >= 4 is 6.29 Å². The third-order valence-electron chi connectivity index (χ3n) is 2.88. The number of rotatable bonds is 5. The van der Waals surface area contributed by atoms with Gasteiger partial charge in [0.05, 0.1) is 6.54 Å². The van der Waals surface area contributed by atoms with Gasteiger partial charge in [0.1, 0.15) is 6.29 Å². The van der Waals surface area contributed by atoms with Crippen LogP contribution in [0.3, 0.4) is 0 Å². The minimum Gasteiger partial charge on any atom is -0.303 e. The van der Waals surface area contributed by atoms with Crippen LogP contribution in [-0.2, 0) is 4.79 Å². The van der Waals surface area contributed by atoms with E-state index in [0.29, 0.717) is 6.54 Å². The average molecular weight is 205 g/mol. The van der Waals surface area contributed by atoms with Gasteiger partial charge in [0.2, 0.25) is 0 Å². The number of alkyl halides is 2. The van der Waals surface area contributed by atoms with Gasteiger partial charge >= 0.3 is 0 Å². The second-order valence-corrected chi connectivity index (χ2v) is 4.28. The summed E-state index contributed by atoms with van der Waals surface area (Å²) in [6.07, 6.45) is 2.43. The maximum atomic E-state index is 12.1. The molecule has 0 saturated heterocycles. The van der Waals surface area contributed by atoms with Gasteiger partial charge in [0.15, 0.2) is 0 Å². The molecule has 2 nitrogen and oxygen atoms in total. The Kier molecular flexibility index (Phi) is 3.98. The fourth-order valence-corrected chi connectivity index (χ4v) is 2.23. The van der Waals surface area contributed by atoms with Crippen LogP contribution in [0.2, 0.25) is 0 Å². The summed E-state index contributed by atoms with van der Waals surface area (Å²) in [4.78, 5) is 12.5. The molecule has 0 heterocycles. The minimum atomic E-state index is -2.31. The number of aldehydes is 1. The number of carbonyl (C=O) groups excluding carboxylic acids is 1. The molecule has 0 aromatic carbocycles. The summed E-state index contributed by atoms with van der Waals surface area (Å²) in [5, 5.41) is 0. The number of halogens is 2. The molecule has 4 heteroatoms. The summed E-state index contributed by atoms with van der Waals surface area (Å²) in [7, 11) is 1.65. The van der Waals surface area contributed by atoms with Gasteiger partial charge in [0, 0.05) is 12.0 Å². The lowest BCUT2D eigenvalue weighted by Crippen LogP contribution is -2.37. The van der Waals surface area contributed by atoms with Crippen molar-refractivity contribution in [1.82, 2.24) is 4.90 Å². The first kappa shape index (κ1) is 11.6. The fraction of sp³-hybridized carbons (Fsp3) is 0.900. The molecule has 0 aliphatic heterocycles. The van der Waals surface area contributed by atoms with Crippen LogP contribution >= 0.6 is 0 Å². The molecule has 0 atom stereocenters. The maximum absolute atomic E-state index is 12.1. The van der Waals surface area contributed by atoms with Gasteiger partial charge in [-0.05, 0) is 19.9 Å². The van der Waals surface area contributed by atoms with Crippen LogP contribution in [0.4, 0.5) is 8.78 Å². The maximum Gasteiger partial charge on any atom is 0.251 e. The molecule has 0 bridgehead atoms. The molecule has 1 fully saturated rings. The molecule has 0 aromatic heterocycles. The third kappa shape index (κ3) is 3.01. The van der Waals surface area contributed by atoms with Crippen LogP contribution in [0.1, 0.15) is 25.7 Å². The molecule has 1 aliphatic carbocycles. The molecule has 1 aliphatic rings. The van der Waals surface area contributed by atoms with Crippen LogP contribution in [-0.4, -0.2) is 37.7 Å². The predicted octanol–water partition coefficient (Wildman–Crippen LogP) is 1.94. The Bertz CT molecular complexity index is 191. The van der Waals surface area contributed by atoms with Gasteiger partial charge in [0.25, 0.3) is 6.43 Å². The molecule has 0 amide bonds. The van der Waals surface area contributed by atoms with Crippen molar-refractivity contribution in [2.24, 2.45) is 5.41 Å².